The molecule has 4 nitrogen and oxygen atoms in total. The number of carbonyl (C=O) groups is 1. The Morgan fingerprint density at radius 2 is 2.00 bits per heavy atom. The lowest BCUT2D eigenvalue weighted by Gasteiger charge is -2.07. The van der Waals surface area contributed by atoms with Gasteiger partial charge in [0.1, 0.15) is 5.69 Å². The number of hydrogen-bond acceptors (Lipinski definition) is 2. The second-order valence-corrected chi connectivity index (χ2v) is 5.29. The van der Waals surface area contributed by atoms with Crippen molar-refractivity contribution < 1.29 is 18.0 Å². The zero-order chi connectivity index (χ0) is 14.4. The van der Waals surface area contributed by atoms with Crippen molar-refractivity contribution in [1.82, 2.24) is 14.3 Å². The highest BCUT2D eigenvalue weighted by Gasteiger charge is 2.32. The summed E-state index contributed by atoms with van der Waals surface area (Å²) in [5, 5.41) is 0. The largest absolute Gasteiger partial charge is 0.417 e. The molecule has 0 aliphatic carbocycles. The molecule has 8 heteroatoms. The van der Waals surface area contributed by atoms with E-state index in [2.05, 4.69) is 4.98 Å². The topological polar surface area (TPSA) is 37.6 Å². The molecule has 0 bridgehead atoms. The molecule has 2 aromatic rings. The van der Waals surface area contributed by atoms with Crippen LogP contribution in [0.15, 0.2) is 18.5 Å². The normalized spacial score (nSPS) is 11.9. The fourth-order valence-electron chi connectivity index (χ4n) is 1.54. The molecule has 0 atom stereocenters. The predicted molar refractivity (Wildman–Crippen MR) is 70.9 cm³/mol. The number of amides is 1. The summed E-state index contributed by atoms with van der Waals surface area (Å²) in [5.41, 5.74) is -0.327. The lowest BCUT2D eigenvalue weighted by atomic mass is 10.3. The van der Waals surface area contributed by atoms with E-state index in [0.29, 0.717) is 9.22 Å². The summed E-state index contributed by atoms with van der Waals surface area (Å²) in [6, 6.07) is 1.01. The van der Waals surface area contributed by atoms with E-state index in [1.54, 1.807) is 36.7 Å². The van der Waals surface area contributed by atoms with Gasteiger partial charge in [-0.1, -0.05) is 0 Å². The molecule has 0 N–H and O–H groups in total. The van der Waals surface area contributed by atoms with Gasteiger partial charge >= 0.3 is 6.18 Å². The Bertz CT molecular complexity index is 648. The zero-order valence-electron chi connectivity index (χ0n) is 9.99. The molecule has 0 spiro atoms. The predicted octanol–water partition coefficient (Wildman–Crippen LogP) is 2.66. The fraction of sp³-hybridized carbons (Fsp3) is 0.273. The van der Waals surface area contributed by atoms with E-state index in [0.717, 1.165) is 12.3 Å². The number of hydrogen-bond donors (Lipinski definition) is 0. The Morgan fingerprint density at radius 1 is 1.37 bits per heavy atom. The second kappa shape index (κ2) is 4.66. The molecule has 0 unspecified atom stereocenters. The zero-order valence-corrected chi connectivity index (χ0v) is 12.2. The monoisotopic (exact) mass is 383 g/mol. The maximum absolute atomic E-state index is 12.7. The minimum atomic E-state index is -4.43. The van der Waals surface area contributed by atoms with Crippen LogP contribution in [-0.4, -0.2) is 34.3 Å². The molecule has 1 amide bonds. The van der Waals surface area contributed by atoms with Crippen molar-refractivity contribution in [2.24, 2.45) is 0 Å². The van der Waals surface area contributed by atoms with Gasteiger partial charge in [0.05, 0.1) is 9.13 Å². The third-order valence-electron chi connectivity index (χ3n) is 2.46. The Labute approximate surface area is 120 Å². The summed E-state index contributed by atoms with van der Waals surface area (Å²) < 4.78 is 39.6. The van der Waals surface area contributed by atoms with Crippen molar-refractivity contribution in [1.29, 1.82) is 0 Å². The van der Waals surface area contributed by atoms with Crippen LogP contribution in [0.3, 0.4) is 0 Å². The van der Waals surface area contributed by atoms with Gasteiger partial charge in [-0.15, -0.1) is 0 Å². The van der Waals surface area contributed by atoms with Crippen molar-refractivity contribution in [3.8, 4) is 0 Å². The Balaban J connectivity index is 2.60. The van der Waals surface area contributed by atoms with Crippen LogP contribution in [0.25, 0.3) is 5.65 Å². The van der Waals surface area contributed by atoms with E-state index >= 15 is 0 Å². The first kappa shape index (κ1) is 14.1. The minimum absolute atomic E-state index is 0.113. The molecule has 0 fully saturated rings. The van der Waals surface area contributed by atoms with Crippen molar-refractivity contribution in [3.63, 3.8) is 0 Å². The molecule has 0 saturated carbocycles. The molecule has 2 heterocycles. The third kappa shape index (κ3) is 2.67. The molecule has 19 heavy (non-hydrogen) atoms. The molecule has 0 aliphatic heterocycles. The first-order valence-corrected chi connectivity index (χ1v) is 6.25. The highest BCUT2D eigenvalue weighted by Crippen LogP contribution is 2.31. The number of fused-ring (bicyclic) bond motifs is 1. The van der Waals surface area contributed by atoms with Crippen molar-refractivity contribution in [2.45, 2.75) is 6.18 Å². The summed E-state index contributed by atoms with van der Waals surface area (Å²) in [6.07, 6.45) is -2.20. The molecule has 0 aromatic carbocycles. The van der Waals surface area contributed by atoms with E-state index in [9.17, 15) is 18.0 Å². The lowest BCUT2D eigenvalue weighted by Crippen LogP contribution is -2.21. The van der Waals surface area contributed by atoms with E-state index in [1.165, 1.54) is 15.5 Å². The van der Waals surface area contributed by atoms with E-state index in [-0.39, 0.29) is 11.6 Å². The first-order valence-electron chi connectivity index (χ1n) is 5.17. The number of nitrogens with zero attached hydrogens (tertiary/aromatic N) is 3. The van der Waals surface area contributed by atoms with Gasteiger partial charge in [-0.3, -0.25) is 4.79 Å². The van der Waals surface area contributed by atoms with Crippen molar-refractivity contribution >= 4 is 34.1 Å². The molecule has 0 radical (unpaired) electrons. The number of aromatic nitrogens is 2. The van der Waals surface area contributed by atoms with Crippen molar-refractivity contribution in [3.05, 3.63) is 33.3 Å². The van der Waals surface area contributed by atoms with Gasteiger partial charge in [-0.2, -0.15) is 13.2 Å². The number of pyridine rings is 1. The first-order chi connectivity index (χ1) is 8.70. The Morgan fingerprint density at radius 3 is 2.53 bits per heavy atom. The van der Waals surface area contributed by atoms with Gasteiger partial charge in [0.25, 0.3) is 5.91 Å². The summed E-state index contributed by atoms with van der Waals surface area (Å²) >= 11 is 1.77. The van der Waals surface area contributed by atoms with Gasteiger partial charge < -0.3 is 9.30 Å². The molecule has 0 saturated heterocycles. The van der Waals surface area contributed by atoms with Crippen LogP contribution in [0.4, 0.5) is 13.2 Å². The number of alkyl halides is 3. The third-order valence-corrected chi connectivity index (χ3v) is 3.25. The smallest absolute Gasteiger partial charge is 0.343 e. The highest BCUT2D eigenvalue weighted by molar-refractivity contribution is 14.1. The molecular formula is C11H9F3IN3O. The van der Waals surface area contributed by atoms with Crippen LogP contribution in [0.1, 0.15) is 16.1 Å². The van der Waals surface area contributed by atoms with Gasteiger partial charge in [-0.05, 0) is 28.7 Å². The van der Waals surface area contributed by atoms with Crippen LogP contribution in [-0.2, 0) is 6.18 Å². The van der Waals surface area contributed by atoms with Crippen LogP contribution >= 0.6 is 22.6 Å². The number of imidazole rings is 1. The van der Waals surface area contributed by atoms with Gasteiger partial charge in [0, 0.05) is 26.5 Å². The summed E-state index contributed by atoms with van der Waals surface area (Å²) in [4.78, 5) is 17.1. The number of halogens is 4. The van der Waals surface area contributed by atoms with Crippen LogP contribution in [0.5, 0.6) is 0 Å². The maximum Gasteiger partial charge on any atom is 0.417 e. The average molecular weight is 383 g/mol. The summed E-state index contributed by atoms with van der Waals surface area (Å²) in [6.45, 7) is 0. The van der Waals surface area contributed by atoms with Gasteiger partial charge in [0.2, 0.25) is 0 Å². The summed E-state index contributed by atoms with van der Waals surface area (Å²) in [5.74, 6) is -0.354. The molecule has 102 valence electrons. The van der Waals surface area contributed by atoms with Crippen molar-refractivity contribution in [2.75, 3.05) is 14.1 Å². The molecule has 2 aromatic heterocycles. The SMILES string of the molecule is CN(C)C(=O)c1cn2cc(C(F)(F)F)cc(I)c2n1. The average Bonchev–Trinajstić information content (AvgIpc) is 2.70. The standard InChI is InChI=1S/C11H9F3IN3O/c1-17(2)10(19)8-5-18-4-6(11(12,13)14)3-7(15)9(18)16-8/h3-5H,1-2H3. The number of rotatable bonds is 1. The molecule has 2 rings (SSSR count). The van der Waals surface area contributed by atoms with Crippen LogP contribution in [0, 0.1) is 3.57 Å². The summed E-state index contributed by atoms with van der Waals surface area (Å²) in [7, 11) is 3.11. The van der Waals surface area contributed by atoms with E-state index in [1.807, 2.05) is 0 Å². The quantitative estimate of drug-likeness (QED) is 0.711. The van der Waals surface area contributed by atoms with E-state index < -0.39 is 11.7 Å². The van der Waals surface area contributed by atoms with Gasteiger partial charge in [0.15, 0.2) is 5.65 Å². The number of carbonyl (C=O) groups excluding carboxylic acids is 1. The van der Waals surface area contributed by atoms with E-state index in [4.69, 9.17) is 0 Å². The van der Waals surface area contributed by atoms with Crippen LogP contribution in [0.2, 0.25) is 0 Å². The highest BCUT2D eigenvalue weighted by atomic mass is 127. The maximum atomic E-state index is 12.7. The minimum Gasteiger partial charge on any atom is -0.343 e. The lowest BCUT2D eigenvalue weighted by molar-refractivity contribution is -0.137. The Kier molecular flexibility index (Phi) is 3.45. The van der Waals surface area contributed by atoms with Crippen LogP contribution < -0.4 is 0 Å². The fourth-order valence-corrected chi connectivity index (χ4v) is 2.28. The molecular weight excluding hydrogens is 374 g/mol. The second-order valence-electron chi connectivity index (χ2n) is 4.13. The Hall–Kier alpha value is -1.32. The molecule has 0 aliphatic rings. The van der Waals surface area contributed by atoms with Gasteiger partial charge in [-0.25, -0.2) is 4.98 Å².